The largest absolute Gasteiger partial charge is 0.444 e. The normalized spacial score (nSPS) is 13.7. The number of nitrogens with zero attached hydrogens (tertiary/aromatic N) is 1. The van der Waals surface area contributed by atoms with E-state index in [1.54, 1.807) is 33.8 Å². The van der Waals surface area contributed by atoms with E-state index in [1.807, 2.05) is 0 Å². The zero-order chi connectivity index (χ0) is 20.9. The molecule has 26 heavy (non-hydrogen) atoms. The zero-order valence-electron chi connectivity index (χ0n) is 18.1. The molecule has 0 aromatic carbocycles. The van der Waals surface area contributed by atoms with Gasteiger partial charge in [-0.05, 0) is 51.4 Å². The molecule has 0 saturated carbocycles. The van der Waals surface area contributed by atoms with Gasteiger partial charge in [0.05, 0.1) is 19.2 Å². The van der Waals surface area contributed by atoms with Crippen LogP contribution < -0.4 is 0 Å². The standard InChI is InChI=1S/C20H37NO4Si/c1-12-16(14-24-26(10,11)20(7,8)9)21(13-17(22)15(2)3)18(23)25-19(4,5)6/h12,16H,1-2,13-14H2,3-11H3/t16-/m0/s1. The van der Waals surface area contributed by atoms with E-state index in [1.165, 1.54) is 4.90 Å². The molecule has 1 atom stereocenters. The van der Waals surface area contributed by atoms with Gasteiger partial charge in [0, 0.05) is 0 Å². The molecular formula is C20H37NO4Si. The Bertz CT molecular complexity index is 541. The van der Waals surface area contributed by atoms with E-state index >= 15 is 0 Å². The molecule has 0 heterocycles. The van der Waals surface area contributed by atoms with E-state index in [4.69, 9.17) is 9.16 Å². The Morgan fingerprint density at radius 1 is 1.15 bits per heavy atom. The van der Waals surface area contributed by atoms with Gasteiger partial charge in [-0.3, -0.25) is 9.69 Å². The molecule has 0 saturated heterocycles. The van der Waals surface area contributed by atoms with E-state index < -0.39 is 26.1 Å². The molecule has 0 aliphatic rings. The molecule has 0 fully saturated rings. The highest BCUT2D eigenvalue weighted by Crippen LogP contribution is 2.36. The second-order valence-corrected chi connectivity index (χ2v) is 14.0. The Hall–Kier alpha value is -1.40. The minimum absolute atomic E-state index is 0.0446. The number of Topliss-reactive ketones (excluding diaryl/α,β-unsaturated/α-hetero) is 1. The number of rotatable bonds is 8. The first-order valence-corrected chi connectivity index (χ1v) is 11.9. The third-order valence-corrected chi connectivity index (χ3v) is 9.01. The molecule has 0 N–H and O–H groups in total. The smallest absolute Gasteiger partial charge is 0.411 e. The van der Waals surface area contributed by atoms with E-state index in [0.29, 0.717) is 5.57 Å². The molecule has 0 aromatic heterocycles. The van der Waals surface area contributed by atoms with E-state index in [2.05, 4.69) is 47.0 Å². The summed E-state index contributed by atoms with van der Waals surface area (Å²) < 4.78 is 11.7. The number of carbonyl (C=O) groups is 2. The van der Waals surface area contributed by atoms with Gasteiger partial charge >= 0.3 is 6.09 Å². The number of amides is 1. The Morgan fingerprint density at radius 3 is 2.00 bits per heavy atom. The lowest BCUT2D eigenvalue weighted by Crippen LogP contribution is -2.50. The lowest BCUT2D eigenvalue weighted by atomic mass is 10.1. The van der Waals surface area contributed by atoms with E-state index in [9.17, 15) is 9.59 Å². The highest BCUT2D eigenvalue weighted by atomic mass is 28.4. The molecule has 0 radical (unpaired) electrons. The summed E-state index contributed by atoms with van der Waals surface area (Å²) in [5, 5.41) is 0.0446. The monoisotopic (exact) mass is 383 g/mol. The van der Waals surface area contributed by atoms with Crippen LogP contribution >= 0.6 is 0 Å². The van der Waals surface area contributed by atoms with Crippen LogP contribution in [0.1, 0.15) is 48.5 Å². The molecule has 0 bridgehead atoms. The third-order valence-electron chi connectivity index (χ3n) is 4.51. The average molecular weight is 384 g/mol. The molecule has 0 spiro atoms. The van der Waals surface area contributed by atoms with E-state index in [0.717, 1.165) is 0 Å². The molecule has 0 rings (SSSR count). The van der Waals surface area contributed by atoms with Crippen LogP contribution in [0.15, 0.2) is 24.8 Å². The molecule has 6 heteroatoms. The SMILES string of the molecule is C=C[C@@H](CO[Si](C)(C)C(C)(C)C)N(CC(=O)C(=C)C)C(=O)OC(C)(C)C. The van der Waals surface area contributed by atoms with Crippen LogP contribution in [0.3, 0.4) is 0 Å². The van der Waals surface area contributed by atoms with Gasteiger partial charge in [0.15, 0.2) is 14.1 Å². The average Bonchev–Trinajstić information content (AvgIpc) is 2.42. The lowest BCUT2D eigenvalue weighted by molar-refractivity contribution is -0.117. The van der Waals surface area contributed by atoms with E-state index in [-0.39, 0.29) is 24.0 Å². The molecule has 0 aliphatic carbocycles. The molecule has 5 nitrogen and oxygen atoms in total. The first-order valence-electron chi connectivity index (χ1n) is 8.96. The van der Waals surface area contributed by atoms with Gasteiger partial charge in [-0.2, -0.15) is 0 Å². The molecule has 150 valence electrons. The van der Waals surface area contributed by atoms with Crippen molar-refractivity contribution in [2.45, 2.75) is 78.2 Å². The van der Waals surface area contributed by atoms with Crippen LogP contribution in [0.25, 0.3) is 0 Å². The lowest BCUT2D eigenvalue weighted by Gasteiger charge is -2.38. The van der Waals surface area contributed by atoms with Crippen molar-refractivity contribution in [2.24, 2.45) is 0 Å². The topological polar surface area (TPSA) is 55.8 Å². The van der Waals surface area contributed by atoms with Crippen molar-refractivity contribution in [2.75, 3.05) is 13.2 Å². The van der Waals surface area contributed by atoms with Gasteiger partial charge < -0.3 is 9.16 Å². The van der Waals surface area contributed by atoms with Crippen LogP contribution in [0.2, 0.25) is 18.1 Å². The molecule has 1 amide bonds. The Kier molecular flexibility index (Phi) is 8.51. The van der Waals surface area contributed by atoms with Crippen molar-refractivity contribution in [1.82, 2.24) is 4.90 Å². The van der Waals surface area contributed by atoms with Gasteiger partial charge in [0.1, 0.15) is 5.60 Å². The predicted molar refractivity (Wildman–Crippen MR) is 110 cm³/mol. The fourth-order valence-corrected chi connectivity index (χ4v) is 2.74. The number of ketones is 1. The summed E-state index contributed by atoms with van der Waals surface area (Å²) in [6, 6.07) is -0.456. The van der Waals surface area contributed by atoms with Gasteiger partial charge in [-0.1, -0.05) is 33.4 Å². The quantitative estimate of drug-likeness (QED) is 0.338. The van der Waals surface area contributed by atoms with Crippen molar-refractivity contribution in [1.29, 1.82) is 0 Å². The predicted octanol–water partition coefficient (Wildman–Crippen LogP) is 4.95. The van der Waals surface area contributed by atoms with Crippen LogP contribution in [-0.2, 0) is 14.0 Å². The minimum atomic E-state index is -2.00. The maximum Gasteiger partial charge on any atom is 0.411 e. The van der Waals surface area contributed by atoms with Gasteiger partial charge in [-0.25, -0.2) is 4.79 Å². The van der Waals surface area contributed by atoms with Gasteiger partial charge in [0.25, 0.3) is 0 Å². The van der Waals surface area contributed by atoms with Crippen molar-refractivity contribution in [3.63, 3.8) is 0 Å². The van der Waals surface area contributed by atoms with Crippen LogP contribution in [0.5, 0.6) is 0 Å². The maximum atomic E-state index is 12.7. The van der Waals surface area contributed by atoms with Crippen molar-refractivity contribution >= 4 is 20.2 Å². The summed E-state index contributed by atoms with van der Waals surface area (Å²) in [5.41, 5.74) is -0.264. The van der Waals surface area contributed by atoms with Crippen molar-refractivity contribution < 1.29 is 18.8 Å². The number of hydrogen-bond donors (Lipinski definition) is 0. The number of carbonyl (C=O) groups excluding carboxylic acids is 2. The summed E-state index contributed by atoms with van der Waals surface area (Å²) in [4.78, 5) is 26.2. The highest BCUT2D eigenvalue weighted by Gasteiger charge is 2.38. The molecule has 0 unspecified atom stereocenters. The fraction of sp³-hybridized carbons (Fsp3) is 0.700. The first-order chi connectivity index (χ1) is 11.5. The van der Waals surface area contributed by atoms with Gasteiger partial charge in [-0.15, -0.1) is 6.58 Å². The van der Waals surface area contributed by atoms with Gasteiger partial charge in [0.2, 0.25) is 0 Å². The highest BCUT2D eigenvalue weighted by molar-refractivity contribution is 6.74. The fourth-order valence-electron chi connectivity index (χ4n) is 1.72. The summed E-state index contributed by atoms with van der Waals surface area (Å²) in [6.07, 6.45) is 1.07. The number of hydrogen-bond acceptors (Lipinski definition) is 4. The Labute approximate surface area is 160 Å². The minimum Gasteiger partial charge on any atom is -0.444 e. The summed E-state index contributed by atoms with van der Waals surface area (Å²) >= 11 is 0. The van der Waals surface area contributed by atoms with Crippen LogP contribution in [-0.4, -0.2) is 49.9 Å². The molecule has 0 aliphatic heterocycles. The van der Waals surface area contributed by atoms with Crippen molar-refractivity contribution in [3.8, 4) is 0 Å². The third kappa shape index (κ3) is 7.87. The van der Waals surface area contributed by atoms with Crippen LogP contribution in [0, 0.1) is 0 Å². The Balaban J connectivity index is 5.46. The summed E-state index contributed by atoms with van der Waals surface area (Å²) in [5.74, 6) is -0.213. The zero-order valence-corrected chi connectivity index (χ0v) is 19.1. The Morgan fingerprint density at radius 2 is 1.65 bits per heavy atom. The second kappa shape index (κ2) is 9.00. The summed E-state index contributed by atoms with van der Waals surface area (Å²) in [6.45, 7) is 25.4. The second-order valence-electron chi connectivity index (χ2n) is 9.19. The maximum absolute atomic E-state index is 12.7. The molecule has 0 aromatic rings. The van der Waals surface area contributed by atoms with Crippen molar-refractivity contribution in [3.05, 3.63) is 24.8 Å². The van der Waals surface area contributed by atoms with Crippen LogP contribution in [0.4, 0.5) is 4.79 Å². The first kappa shape index (κ1) is 24.6. The summed E-state index contributed by atoms with van der Waals surface area (Å²) in [7, 11) is -2.00. The molecular weight excluding hydrogens is 346 g/mol. The number of ether oxygens (including phenoxy) is 1.